The molecular formula is C45H29BFN3O. The maximum absolute atomic E-state index is 14.4. The van der Waals surface area contributed by atoms with Crippen molar-refractivity contribution in [2.45, 2.75) is 6.92 Å². The smallest absolute Gasteiger partial charge is 0.297 e. The monoisotopic (exact) mass is 657 g/mol. The predicted octanol–water partition coefficient (Wildman–Crippen LogP) is 10.1. The van der Waals surface area contributed by atoms with Gasteiger partial charge in [-0.2, -0.15) is 0 Å². The van der Waals surface area contributed by atoms with Crippen molar-refractivity contribution in [2.24, 2.45) is 0 Å². The minimum absolute atomic E-state index is 0.219. The molecular weight excluding hydrogens is 628 g/mol. The number of aryl methyl sites for hydroxylation is 1. The number of hydrogen-bond acceptors (Lipinski definition) is 3. The number of halogens is 1. The highest BCUT2D eigenvalue weighted by Crippen LogP contribution is 2.48. The Morgan fingerprint density at radius 1 is 0.549 bits per heavy atom. The van der Waals surface area contributed by atoms with E-state index in [4.69, 9.17) is 4.42 Å². The first-order chi connectivity index (χ1) is 25.2. The molecule has 4 nitrogen and oxygen atoms in total. The first kappa shape index (κ1) is 28.3. The predicted molar refractivity (Wildman–Crippen MR) is 209 cm³/mol. The van der Waals surface area contributed by atoms with E-state index in [0.717, 1.165) is 67.4 Å². The Bertz CT molecular complexity index is 2840. The molecule has 2 aliphatic rings. The molecule has 0 saturated heterocycles. The number of aromatic nitrogens is 1. The highest BCUT2D eigenvalue weighted by molar-refractivity contribution is 7.01. The van der Waals surface area contributed by atoms with Crippen LogP contribution in [-0.4, -0.2) is 11.3 Å². The SMILES string of the molecule is Cc1cc2c(c3c4ccccc4n(-c4ccccc4)c13)B1c3oc4ccccc4c3N(c3ccc(F)cc3)c3cccc(c31)N2c1ccccc1. The van der Waals surface area contributed by atoms with Crippen molar-refractivity contribution in [3.8, 4) is 5.69 Å². The van der Waals surface area contributed by atoms with Gasteiger partial charge < -0.3 is 18.8 Å². The molecule has 7 aromatic carbocycles. The fourth-order valence-electron chi connectivity index (χ4n) is 8.76. The molecule has 0 N–H and O–H groups in total. The van der Waals surface area contributed by atoms with Crippen LogP contribution in [0.5, 0.6) is 0 Å². The molecule has 6 heteroatoms. The molecule has 0 radical (unpaired) electrons. The molecule has 0 amide bonds. The minimum atomic E-state index is -0.266. The molecule has 0 atom stereocenters. The third-order valence-corrected chi connectivity index (χ3v) is 10.7. The zero-order chi connectivity index (χ0) is 33.8. The third-order valence-electron chi connectivity index (χ3n) is 10.7. The van der Waals surface area contributed by atoms with Gasteiger partial charge in [0.15, 0.2) is 0 Å². The van der Waals surface area contributed by atoms with E-state index in [1.807, 2.05) is 24.3 Å². The molecule has 2 aromatic heterocycles. The molecule has 0 fully saturated rings. The van der Waals surface area contributed by atoms with Crippen molar-refractivity contribution in [1.29, 1.82) is 0 Å². The Hall–Kier alpha value is -6.53. The summed E-state index contributed by atoms with van der Waals surface area (Å²) in [5.74, 6) is -0.266. The van der Waals surface area contributed by atoms with Crippen LogP contribution in [0.3, 0.4) is 0 Å². The number of nitrogens with zero attached hydrogens (tertiary/aromatic N) is 3. The molecule has 11 rings (SSSR count). The third kappa shape index (κ3) is 3.84. The summed E-state index contributed by atoms with van der Waals surface area (Å²) in [5, 5.41) is 3.44. The average molecular weight is 658 g/mol. The zero-order valence-corrected chi connectivity index (χ0v) is 27.7. The summed E-state index contributed by atoms with van der Waals surface area (Å²) in [4.78, 5) is 4.69. The summed E-state index contributed by atoms with van der Waals surface area (Å²) in [7, 11) is 0. The van der Waals surface area contributed by atoms with Crippen LogP contribution < -0.4 is 26.4 Å². The van der Waals surface area contributed by atoms with E-state index in [-0.39, 0.29) is 12.5 Å². The van der Waals surface area contributed by atoms with E-state index in [2.05, 4.69) is 143 Å². The van der Waals surface area contributed by atoms with Crippen molar-refractivity contribution in [3.05, 3.63) is 169 Å². The van der Waals surface area contributed by atoms with Crippen molar-refractivity contribution in [2.75, 3.05) is 9.80 Å². The largest absolute Gasteiger partial charge is 0.468 e. The van der Waals surface area contributed by atoms with Crippen LogP contribution in [0.15, 0.2) is 162 Å². The number of fused-ring (bicyclic) bond motifs is 10. The Kier molecular flexibility index (Phi) is 5.83. The molecule has 0 saturated carbocycles. The number of benzene rings is 7. The Labute approximate surface area is 294 Å². The Balaban J connectivity index is 1.34. The van der Waals surface area contributed by atoms with Crippen LogP contribution in [0, 0.1) is 12.7 Å². The van der Waals surface area contributed by atoms with Gasteiger partial charge in [0.25, 0.3) is 6.71 Å². The van der Waals surface area contributed by atoms with Crippen LogP contribution in [0.2, 0.25) is 0 Å². The zero-order valence-electron chi connectivity index (χ0n) is 27.7. The number of anilines is 6. The summed E-state index contributed by atoms with van der Waals surface area (Å²) in [6.07, 6.45) is 0. The molecule has 2 aliphatic heterocycles. The maximum Gasteiger partial charge on any atom is 0.297 e. The number of hydrogen-bond donors (Lipinski definition) is 0. The highest BCUT2D eigenvalue weighted by atomic mass is 19.1. The lowest BCUT2D eigenvalue weighted by Crippen LogP contribution is -2.61. The van der Waals surface area contributed by atoms with E-state index >= 15 is 0 Å². The normalized spacial score (nSPS) is 13.2. The maximum atomic E-state index is 14.4. The quantitative estimate of drug-likeness (QED) is 0.177. The molecule has 9 aromatic rings. The van der Waals surface area contributed by atoms with Crippen molar-refractivity contribution >= 4 is 90.2 Å². The fourth-order valence-corrected chi connectivity index (χ4v) is 8.76. The van der Waals surface area contributed by atoms with Gasteiger partial charge in [-0.3, -0.25) is 0 Å². The summed E-state index contributed by atoms with van der Waals surface area (Å²) in [6.45, 7) is 2.02. The minimum Gasteiger partial charge on any atom is -0.468 e. The van der Waals surface area contributed by atoms with Gasteiger partial charge in [0, 0.05) is 50.3 Å². The van der Waals surface area contributed by atoms with Crippen LogP contribution in [0.4, 0.5) is 38.5 Å². The van der Waals surface area contributed by atoms with Crippen LogP contribution in [-0.2, 0) is 0 Å². The lowest BCUT2D eigenvalue weighted by atomic mass is 9.35. The van der Waals surface area contributed by atoms with E-state index < -0.39 is 0 Å². The van der Waals surface area contributed by atoms with Gasteiger partial charge in [-0.05, 0) is 108 Å². The standard InChI is InChI=1S/C45H29BFN3O/c1-28-27-38-42(40-33-17-8-10-19-35(33)49(43(28)40)31-15-6-3-7-16-31)46-41-36(48(38)30-13-4-2-5-14-30)20-12-21-37(41)50(32-25-23-29(47)24-26-32)44-34-18-9-11-22-39(34)51-45(44)46/h2-27H,1H3. The van der Waals surface area contributed by atoms with Gasteiger partial charge in [-0.25, -0.2) is 4.39 Å². The van der Waals surface area contributed by atoms with Gasteiger partial charge >= 0.3 is 0 Å². The topological polar surface area (TPSA) is 24.6 Å². The number of rotatable bonds is 3. The Morgan fingerprint density at radius 3 is 1.94 bits per heavy atom. The van der Waals surface area contributed by atoms with Crippen molar-refractivity contribution in [1.82, 2.24) is 4.57 Å². The van der Waals surface area contributed by atoms with E-state index in [0.29, 0.717) is 0 Å². The number of furan rings is 1. The second kappa shape index (κ2) is 10.5. The van der Waals surface area contributed by atoms with Gasteiger partial charge in [-0.1, -0.05) is 72.8 Å². The highest BCUT2D eigenvalue weighted by Gasteiger charge is 2.48. The molecule has 240 valence electrons. The summed E-state index contributed by atoms with van der Waals surface area (Å²) >= 11 is 0. The van der Waals surface area contributed by atoms with E-state index in [1.165, 1.54) is 39.4 Å². The lowest BCUT2D eigenvalue weighted by molar-refractivity contribution is 0.628. The fraction of sp³-hybridized carbons (Fsp3) is 0.0222. The molecule has 0 aliphatic carbocycles. The first-order valence-electron chi connectivity index (χ1n) is 17.3. The molecule has 0 spiro atoms. The number of para-hydroxylation sites is 4. The summed E-state index contributed by atoms with van der Waals surface area (Å²) in [6, 6.07) is 54.1. The molecule has 0 unspecified atom stereocenters. The van der Waals surface area contributed by atoms with Gasteiger partial charge in [0.2, 0.25) is 0 Å². The van der Waals surface area contributed by atoms with Crippen LogP contribution in [0.1, 0.15) is 5.56 Å². The summed E-state index contributed by atoms with van der Waals surface area (Å²) in [5.41, 5.74) is 15.0. The molecule has 4 heterocycles. The second-order valence-electron chi connectivity index (χ2n) is 13.5. The van der Waals surface area contributed by atoms with Gasteiger partial charge in [0.1, 0.15) is 11.4 Å². The van der Waals surface area contributed by atoms with E-state index in [1.54, 1.807) is 0 Å². The van der Waals surface area contributed by atoms with Gasteiger partial charge in [0.05, 0.1) is 22.4 Å². The molecule has 51 heavy (non-hydrogen) atoms. The lowest BCUT2D eigenvalue weighted by Gasteiger charge is -2.42. The van der Waals surface area contributed by atoms with Crippen molar-refractivity contribution in [3.63, 3.8) is 0 Å². The average Bonchev–Trinajstić information content (AvgIpc) is 3.73. The van der Waals surface area contributed by atoms with Crippen LogP contribution in [0.25, 0.3) is 38.5 Å². The van der Waals surface area contributed by atoms with Gasteiger partial charge in [-0.15, -0.1) is 0 Å². The molecule has 0 bridgehead atoms. The summed E-state index contributed by atoms with van der Waals surface area (Å²) < 4.78 is 23.9. The first-order valence-corrected chi connectivity index (χ1v) is 17.3. The van der Waals surface area contributed by atoms with E-state index in [9.17, 15) is 4.39 Å². The second-order valence-corrected chi connectivity index (χ2v) is 13.5. The van der Waals surface area contributed by atoms with Crippen LogP contribution >= 0.6 is 0 Å². The Morgan fingerprint density at radius 2 is 1.18 bits per heavy atom. The van der Waals surface area contributed by atoms with Crippen molar-refractivity contribution < 1.29 is 8.81 Å².